The maximum absolute atomic E-state index is 12.9. The normalized spacial score (nSPS) is 13.0. The number of benzene rings is 1. The van der Waals surface area contributed by atoms with E-state index < -0.39 is 29.1 Å². The van der Waals surface area contributed by atoms with Crippen LogP contribution in [0.1, 0.15) is 25.0 Å². The predicted octanol–water partition coefficient (Wildman–Crippen LogP) is 2.55. The molecule has 1 rings (SSSR count). The van der Waals surface area contributed by atoms with Crippen molar-refractivity contribution < 1.29 is 18.3 Å². The van der Waals surface area contributed by atoms with Crippen LogP contribution in [0.25, 0.3) is 0 Å². The van der Waals surface area contributed by atoms with Crippen LogP contribution >= 0.6 is 0 Å². The lowest BCUT2D eigenvalue weighted by Gasteiger charge is -2.10. The van der Waals surface area contributed by atoms with Gasteiger partial charge in [0, 0.05) is 12.1 Å². The molecule has 0 aliphatic rings. The number of hydrogen-bond acceptors (Lipinski definition) is 1. The van der Waals surface area contributed by atoms with Gasteiger partial charge in [0.2, 0.25) is 0 Å². The Labute approximate surface area is 73.8 Å². The Morgan fingerprint density at radius 3 is 2.08 bits per heavy atom. The molecule has 0 saturated carbocycles. The lowest BCUT2D eigenvalue weighted by atomic mass is 10.1. The molecule has 4 heteroatoms. The number of aliphatic hydroxyl groups is 1. The molecule has 0 aromatic heterocycles. The molecule has 1 unspecified atom stereocenters. The van der Waals surface area contributed by atoms with Crippen LogP contribution in [0.3, 0.4) is 0 Å². The Balaban J connectivity index is 3.20. The van der Waals surface area contributed by atoms with E-state index in [4.69, 9.17) is 0 Å². The molecule has 1 aromatic rings. The smallest absolute Gasteiger partial charge is 0.134 e. The minimum atomic E-state index is -1.22. The standard InChI is InChI=1S/C9H9F3O/c1-2-8(13)9-6(11)3-5(10)4-7(9)12/h3-4,8,13H,2H2,1H3. The maximum Gasteiger partial charge on any atom is 0.134 e. The van der Waals surface area contributed by atoms with E-state index in [9.17, 15) is 18.3 Å². The van der Waals surface area contributed by atoms with Crippen LogP contribution in [0, 0.1) is 17.5 Å². The maximum atomic E-state index is 12.9. The van der Waals surface area contributed by atoms with Crippen molar-refractivity contribution in [2.24, 2.45) is 0 Å². The molecule has 1 aromatic carbocycles. The lowest BCUT2D eigenvalue weighted by molar-refractivity contribution is 0.163. The van der Waals surface area contributed by atoms with Crippen molar-refractivity contribution in [1.82, 2.24) is 0 Å². The largest absolute Gasteiger partial charge is 0.388 e. The highest BCUT2D eigenvalue weighted by atomic mass is 19.1. The van der Waals surface area contributed by atoms with Crippen LogP contribution in [-0.2, 0) is 0 Å². The SMILES string of the molecule is CCC(O)c1c(F)cc(F)cc1F. The van der Waals surface area contributed by atoms with Gasteiger partial charge in [0.05, 0.1) is 11.7 Å². The van der Waals surface area contributed by atoms with Crippen molar-refractivity contribution in [2.75, 3.05) is 0 Å². The van der Waals surface area contributed by atoms with E-state index in [1.807, 2.05) is 0 Å². The third kappa shape index (κ3) is 2.01. The van der Waals surface area contributed by atoms with E-state index in [1.165, 1.54) is 0 Å². The molecule has 1 nitrogen and oxygen atoms in total. The summed E-state index contributed by atoms with van der Waals surface area (Å²) < 4.78 is 38.2. The van der Waals surface area contributed by atoms with Crippen LogP contribution in [0.15, 0.2) is 12.1 Å². The van der Waals surface area contributed by atoms with Crippen molar-refractivity contribution >= 4 is 0 Å². The Morgan fingerprint density at radius 1 is 1.23 bits per heavy atom. The lowest BCUT2D eigenvalue weighted by Crippen LogP contribution is -2.03. The molecule has 0 radical (unpaired) electrons. The van der Waals surface area contributed by atoms with Crippen LogP contribution in [0.5, 0.6) is 0 Å². The summed E-state index contributed by atoms with van der Waals surface area (Å²) in [6, 6.07) is 1.11. The average molecular weight is 190 g/mol. The van der Waals surface area contributed by atoms with E-state index in [0.29, 0.717) is 12.1 Å². The van der Waals surface area contributed by atoms with Gasteiger partial charge in [0.1, 0.15) is 17.5 Å². The summed E-state index contributed by atoms with van der Waals surface area (Å²) in [5.74, 6) is -3.08. The van der Waals surface area contributed by atoms with Crippen LogP contribution in [0.2, 0.25) is 0 Å². The molecular formula is C9H9F3O. The summed E-state index contributed by atoms with van der Waals surface area (Å²) in [6.45, 7) is 1.58. The molecule has 0 aliphatic carbocycles. The molecule has 13 heavy (non-hydrogen) atoms. The molecule has 0 amide bonds. The monoisotopic (exact) mass is 190 g/mol. The number of aliphatic hydroxyl groups excluding tert-OH is 1. The van der Waals surface area contributed by atoms with Crippen molar-refractivity contribution in [3.05, 3.63) is 35.1 Å². The van der Waals surface area contributed by atoms with Crippen LogP contribution in [-0.4, -0.2) is 5.11 Å². The van der Waals surface area contributed by atoms with Crippen LogP contribution < -0.4 is 0 Å². The van der Waals surface area contributed by atoms with Gasteiger partial charge in [-0.2, -0.15) is 0 Å². The van der Waals surface area contributed by atoms with E-state index in [-0.39, 0.29) is 6.42 Å². The average Bonchev–Trinajstić information content (AvgIpc) is 2.02. The van der Waals surface area contributed by atoms with Gasteiger partial charge in [0.15, 0.2) is 0 Å². The third-order valence-electron chi connectivity index (χ3n) is 1.76. The van der Waals surface area contributed by atoms with E-state index in [2.05, 4.69) is 0 Å². The Kier molecular flexibility index (Phi) is 2.93. The summed E-state index contributed by atoms with van der Waals surface area (Å²) in [4.78, 5) is 0. The Morgan fingerprint density at radius 2 is 1.69 bits per heavy atom. The van der Waals surface area contributed by atoms with Gasteiger partial charge in [-0.15, -0.1) is 0 Å². The zero-order valence-corrected chi connectivity index (χ0v) is 7.02. The molecule has 0 heterocycles. The van der Waals surface area contributed by atoms with Crippen molar-refractivity contribution in [3.63, 3.8) is 0 Å². The molecule has 72 valence electrons. The molecule has 1 N–H and O–H groups in total. The van der Waals surface area contributed by atoms with Gasteiger partial charge in [0.25, 0.3) is 0 Å². The van der Waals surface area contributed by atoms with Crippen LogP contribution in [0.4, 0.5) is 13.2 Å². The zero-order valence-electron chi connectivity index (χ0n) is 7.02. The Bertz CT molecular complexity index is 289. The first kappa shape index (κ1) is 10.1. The number of halogens is 3. The van der Waals surface area contributed by atoms with Gasteiger partial charge in [-0.05, 0) is 6.42 Å². The highest BCUT2D eigenvalue weighted by Crippen LogP contribution is 2.23. The van der Waals surface area contributed by atoms with Gasteiger partial charge in [-0.25, -0.2) is 13.2 Å². The van der Waals surface area contributed by atoms with E-state index in [1.54, 1.807) is 6.92 Å². The highest BCUT2D eigenvalue weighted by Gasteiger charge is 2.17. The number of hydrogen-bond donors (Lipinski definition) is 1. The molecule has 1 atom stereocenters. The minimum Gasteiger partial charge on any atom is -0.388 e. The summed E-state index contributed by atoms with van der Waals surface area (Å²) >= 11 is 0. The number of rotatable bonds is 2. The van der Waals surface area contributed by atoms with Gasteiger partial charge >= 0.3 is 0 Å². The van der Waals surface area contributed by atoms with Gasteiger partial charge in [-0.1, -0.05) is 6.92 Å². The molecule has 0 bridgehead atoms. The second-order valence-corrected chi connectivity index (χ2v) is 2.71. The van der Waals surface area contributed by atoms with Crippen molar-refractivity contribution in [2.45, 2.75) is 19.4 Å². The van der Waals surface area contributed by atoms with E-state index >= 15 is 0 Å². The molecular weight excluding hydrogens is 181 g/mol. The molecule has 0 aliphatic heterocycles. The second kappa shape index (κ2) is 3.79. The first-order valence-corrected chi connectivity index (χ1v) is 3.88. The fourth-order valence-corrected chi connectivity index (χ4v) is 1.08. The third-order valence-corrected chi connectivity index (χ3v) is 1.76. The highest BCUT2D eigenvalue weighted by molar-refractivity contribution is 5.22. The molecule has 0 saturated heterocycles. The molecule has 0 fully saturated rings. The fourth-order valence-electron chi connectivity index (χ4n) is 1.08. The summed E-state index contributed by atoms with van der Waals surface area (Å²) in [6.07, 6.45) is -1.04. The zero-order chi connectivity index (χ0) is 10.0. The quantitative estimate of drug-likeness (QED) is 0.759. The predicted molar refractivity (Wildman–Crippen MR) is 41.6 cm³/mol. The first-order chi connectivity index (χ1) is 6.06. The van der Waals surface area contributed by atoms with E-state index in [0.717, 1.165) is 0 Å². The van der Waals surface area contributed by atoms with Gasteiger partial charge in [-0.3, -0.25) is 0 Å². The van der Waals surface area contributed by atoms with Crippen molar-refractivity contribution in [1.29, 1.82) is 0 Å². The van der Waals surface area contributed by atoms with Crippen molar-refractivity contribution in [3.8, 4) is 0 Å². The minimum absolute atomic E-state index is 0.180. The topological polar surface area (TPSA) is 20.2 Å². The van der Waals surface area contributed by atoms with Gasteiger partial charge < -0.3 is 5.11 Å². The summed E-state index contributed by atoms with van der Waals surface area (Å²) in [5.41, 5.74) is -0.469. The second-order valence-electron chi connectivity index (χ2n) is 2.71. The summed E-state index contributed by atoms with van der Waals surface area (Å²) in [7, 11) is 0. The Hall–Kier alpha value is -1.03. The molecule has 0 spiro atoms. The summed E-state index contributed by atoms with van der Waals surface area (Å²) in [5, 5.41) is 9.18. The fraction of sp³-hybridized carbons (Fsp3) is 0.333. The first-order valence-electron chi connectivity index (χ1n) is 3.88.